The predicted octanol–water partition coefficient (Wildman–Crippen LogP) is 1.00. The molecule has 0 aromatic heterocycles. The lowest BCUT2D eigenvalue weighted by Crippen LogP contribution is -2.50. The number of morpholine rings is 1. The molecule has 1 heterocycles. The van der Waals surface area contributed by atoms with E-state index in [1.807, 2.05) is 44.2 Å². The van der Waals surface area contributed by atoms with Crippen LogP contribution in [0.25, 0.3) is 0 Å². The van der Waals surface area contributed by atoms with E-state index in [-0.39, 0.29) is 24.5 Å². The van der Waals surface area contributed by atoms with Gasteiger partial charge in [0, 0.05) is 31.7 Å². The summed E-state index contributed by atoms with van der Waals surface area (Å²) in [5, 5.41) is 0. The summed E-state index contributed by atoms with van der Waals surface area (Å²) in [7, 11) is 0. The molecule has 126 valence electrons. The van der Waals surface area contributed by atoms with Crippen molar-refractivity contribution in [2.45, 2.75) is 32.5 Å². The van der Waals surface area contributed by atoms with Gasteiger partial charge in [0.15, 0.2) is 0 Å². The molecule has 1 saturated heterocycles. The number of hydrogen-bond acceptors (Lipinski definition) is 4. The molecule has 0 spiro atoms. The first kappa shape index (κ1) is 17.4. The molecule has 0 aliphatic carbocycles. The first-order valence-electron chi connectivity index (χ1n) is 7.97. The monoisotopic (exact) mass is 319 g/mol. The van der Waals surface area contributed by atoms with Gasteiger partial charge in [0.25, 0.3) is 0 Å². The summed E-state index contributed by atoms with van der Waals surface area (Å²) in [6.45, 7) is 6.09. The van der Waals surface area contributed by atoms with Gasteiger partial charge in [0.1, 0.15) is 0 Å². The van der Waals surface area contributed by atoms with E-state index in [4.69, 9.17) is 10.5 Å². The van der Waals surface area contributed by atoms with Crippen molar-refractivity contribution in [1.29, 1.82) is 0 Å². The van der Waals surface area contributed by atoms with Crippen LogP contribution in [-0.2, 0) is 14.3 Å². The summed E-state index contributed by atoms with van der Waals surface area (Å²) in [5.41, 5.74) is 6.02. The molecule has 0 saturated carbocycles. The fraction of sp³-hybridized carbons (Fsp3) is 0.529. The number of rotatable bonds is 6. The van der Waals surface area contributed by atoms with Crippen LogP contribution in [0.3, 0.4) is 0 Å². The Labute approximate surface area is 137 Å². The van der Waals surface area contributed by atoms with Crippen molar-refractivity contribution in [2.24, 2.45) is 5.73 Å². The lowest BCUT2D eigenvalue weighted by atomic mass is 10.2. The Kier molecular flexibility index (Phi) is 6.12. The zero-order valence-corrected chi connectivity index (χ0v) is 13.8. The third kappa shape index (κ3) is 5.33. The number of nitrogens with two attached hydrogens (primary N) is 1. The van der Waals surface area contributed by atoms with Crippen LogP contribution in [0.4, 0.5) is 5.69 Å². The zero-order valence-electron chi connectivity index (χ0n) is 13.8. The molecular weight excluding hydrogens is 294 g/mol. The van der Waals surface area contributed by atoms with E-state index < -0.39 is 5.91 Å². The van der Waals surface area contributed by atoms with Gasteiger partial charge in [-0.05, 0) is 26.0 Å². The standard InChI is InChI=1S/C17H25N3O3/c1-13-10-19(11-14(2)23-13)12-17(22)20(9-8-16(18)21)15-6-4-3-5-7-15/h3-7,13-14H,8-12H2,1-2H3,(H2,18,21)/t13-,14-/m0/s1. The average Bonchev–Trinajstić information content (AvgIpc) is 2.47. The number of primary amides is 1. The second-order valence-electron chi connectivity index (χ2n) is 6.05. The van der Waals surface area contributed by atoms with Gasteiger partial charge in [-0.15, -0.1) is 0 Å². The molecule has 23 heavy (non-hydrogen) atoms. The second kappa shape index (κ2) is 8.08. The summed E-state index contributed by atoms with van der Waals surface area (Å²) >= 11 is 0. The first-order chi connectivity index (χ1) is 11.0. The fourth-order valence-corrected chi connectivity index (χ4v) is 2.92. The quantitative estimate of drug-likeness (QED) is 0.849. The largest absolute Gasteiger partial charge is 0.373 e. The van der Waals surface area contributed by atoms with Crippen molar-refractivity contribution in [3.05, 3.63) is 30.3 Å². The Morgan fingerprint density at radius 1 is 1.22 bits per heavy atom. The van der Waals surface area contributed by atoms with Crippen LogP contribution in [0.2, 0.25) is 0 Å². The van der Waals surface area contributed by atoms with Crippen molar-refractivity contribution < 1.29 is 14.3 Å². The number of benzene rings is 1. The Bertz CT molecular complexity index is 525. The number of nitrogens with zero attached hydrogens (tertiary/aromatic N) is 2. The third-order valence-electron chi connectivity index (χ3n) is 3.80. The Balaban J connectivity index is 2.05. The molecule has 6 nitrogen and oxygen atoms in total. The van der Waals surface area contributed by atoms with E-state index in [1.54, 1.807) is 4.90 Å². The highest BCUT2D eigenvalue weighted by molar-refractivity contribution is 5.95. The van der Waals surface area contributed by atoms with E-state index in [0.29, 0.717) is 13.1 Å². The van der Waals surface area contributed by atoms with E-state index in [1.165, 1.54) is 0 Å². The number of anilines is 1. The third-order valence-corrected chi connectivity index (χ3v) is 3.80. The maximum atomic E-state index is 12.7. The first-order valence-corrected chi connectivity index (χ1v) is 7.97. The molecule has 2 N–H and O–H groups in total. The number of hydrogen-bond donors (Lipinski definition) is 1. The highest BCUT2D eigenvalue weighted by atomic mass is 16.5. The molecule has 2 atom stereocenters. The number of para-hydroxylation sites is 1. The molecule has 2 rings (SSSR count). The van der Waals surface area contributed by atoms with E-state index in [9.17, 15) is 9.59 Å². The van der Waals surface area contributed by atoms with Crippen LogP contribution in [0, 0.1) is 0 Å². The second-order valence-corrected chi connectivity index (χ2v) is 6.05. The minimum Gasteiger partial charge on any atom is -0.373 e. The topological polar surface area (TPSA) is 75.9 Å². The highest BCUT2D eigenvalue weighted by Gasteiger charge is 2.26. The van der Waals surface area contributed by atoms with Crippen molar-refractivity contribution in [3.8, 4) is 0 Å². The fourth-order valence-electron chi connectivity index (χ4n) is 2.92. The van der Waals surface area contributed by atoms with Crippen LogP contribution in [0.15, 0.2) is 30.3 Å². The van der Waals surface area contributed by atoms with Crippen molar-refractivity contribution in [3.63, 3.8) is 0 Å². The summed E-state index contributed by atoms with van der Waals surface area (Å²) in [6.07, 6.45) is 0.376. The zero-order chi connectivity index (χ0) is 16.8. The molecule has 1 aliphatic heterocycles. The normalized spacial score (nSPS) is 21.8. The van der Waals surface area contributed by atoms with Crippen LogP contribution in [-0.4, -0.2) is 55.1 Å². The van der Waals surface area contributed by atoms with Crippen LogP contribution in [0.5, 0.6) is 0 Å². The average molecular weight is 319 g/mol. The van der Waals surface area contributed by atoms with Gasteiger partial charge in [-0.3, -0.25) is 14.5 Å². The summed E-state index contributed by atoms with van der Waals surface area (Å²) in [5.74, 6) is -0.439. The summed E-state index contributed by atoms with van der Waals surface area (Å²) in [6, 6.07) is 9.37. The van der Waals surface area contributed by atoms with Gasteiger partial charge in [0.05, 0.1) is 18.8 Å². The van der Waals surface area contributed by atoms with E-state index in [2.05, 4.69) is 4.90 Å². The van der Waals surface area contributed by atoms with E-state index in [0.717, 1.165) is 18.8 Å². The molecule has 1 fully saturated rings. The lowest BCUT2D eigenvalue weighted by Gasteiger charge is -2.36. The Morgan fingerprint density at radius 3 is 2.39 bits per heavy atom. The number of ether oxygens (including phenoxy) is 1. The molecule has 1 aliphatic rings. The lowest BCUT2D eigenvalue weighted by molar-refractivity contribution is -0.123. The Hall–Kier alpha value is -1.92. The van der Waals surface area contributed by atoms with Gasteiger partial charge >= 0.3 is 0 Å². The van der Waals surface area contributed by atoms with Crippen molar-refractivity contribution >= 4 is 17.5 Å². The summed E-state index contributed by atoms with van der Waals surface area (Å²) in [4.78, 5) is 27.6. The van der Waals surface area contributed by atoms with Crippen LogP contribution < -0.4 is 10.6 Å². The van der Waals surface area contributed by atoms with Crippen LogP contribution in [0.1, 0.15) is 20.3 Å². The van der Waals surface area contributed by atoms with Gasteiger partial charge in [-0.1, -0.05) is 18.2 Å². The molecule has 0 unspecified atom stereocenters. The molecule has 0 bridgehead atoms. The molecule has 6 heteroatoms. The van der Waals surface area contributed by atoms with Gasteiger partial charge < -0.3 is 15.4 Å². The van der Waals surface area contributed by atoms with Crippen LogP contribution >= 0.6 is 0 Å². The minimum atomic E-state index is -0.410. The van der Waals surface area contributed by atoms with Gasteiger partial charge in [-0.25, -0.2) is 0 Å². The highest BCUT2D eigenvalue weighted by Crippen LogP contribution is 2.16. The van der Waals surface area contributed by atoms with Crippen molar-refractivity contribution in [1.82, 2.24) is 4.90 Å². The summed E-state index contributed by atoms with van der Waals surface area (Å²) < 4.78 is 5.69. The maximum absolute atomic E-state index is 12.7. The molecular formula is C17H25N3O3. The van der Waals surface area contributed by atoms with Crippen molar-refractivity contribution in [2.75, 3.05) is 31.1 Å². The molecule has 1 aromatic carbocycles. The molecule has 0 radical (unpaired) electrons. The SMILES string of the molecule is C[C@H]1CN(CC(=O)N(CCC(N)=O)c2ccccc2)C[C@H](C)O1. The predicted molar refractivity (Wildman–Crippen MR) is 89.1 cm³/mol. The number of amides is 2. The smallest absolute Gasteiger partial charge is 0.241 e. The Morgan fingerprint density at radius 2 is 1.83 bits per heavy atom. The van der Waals surface area contributed by atoms with E-state index >= 15 is 0 Å². The molecule has 2 amide bonds. The maximum Gasteiger partial charge on any atom is 0.241 e. The molecule has 1 aromatic rings. The van der Waals surface area contributed by atoms with Gasteiger partial charge in [0.2, 0.25) is 11.8 Å². The minimum absolute atomic E-state index is 0.0289. The number of carbonyl (C=O) groups is 2. The number of carbonyl (C=O) groups excluding carboxylic acids is 2. The van der Waals surface area contributed by atoms with Gasteiger partial charge in [-0.2, -0.15) is 0 Å².